The van der Waals surface area contributed by atoms with Crippen molar-refractivity contribution in [2.75, 3.05) is 11.4 Å². The number of hydrogen-bond donors (Lipinski definition) is 1. The number of nitrogens with zero attached hydrogens (tertiary/aromatic N) is 4. The maximum absolute atomic E-state index is 11.5. The molecule has 0 spiro atoms. The van der Waals surface area contributed by atoms with Crippen molar-refractivity contribution in [3.05, 3.63) is 16.8 Å². The number of carboxylic acid groups (broad SMARTS) is 1. The summed E-state index contributed by atoms with van der Waals surface area (Å²) in [5.41, 5.74) is 0.917. The minimum absolute atomic E-state index is 0.349. The summed E-state index contributed by atoms with van der Waals surface area (Å²) in [5.74, 6) is -0.617. The highest BCUT2D eigenvalue weighted by Crippen LogP contribution is 2.28. The summed E-state index contributed by atoms with van der Waals surface area (Å²) in [6.45, 7) is 9.38. The highest BCUT2D eigenvalue weighted by molar-refractivity contribution is 5.83. The Kier molecular flexibility index (Phi) is 5.25. The van der Waals surface area contributed by atoms with Gasteiger partial charge in [-0.3, -0.25) is 0 Å². The Labute approximate surface area is 125 Å². The third-order valence-corrected chi connectivity index (χ3v) is 3.71. The Morgan fingerprint density at radius 1 is 1.29 bits per heavy atom. The summed E-state index contributed by atoms with van der Waals surface area (Å²) in [6, 6.07) is 2.18. The van der Waals surface area contributed by atoms with Gasteiger partial charge in [0.25, 0.3) is 0 Å². The van der Waals surface area contributed by atoms with Gasteiger partial charge < -0.3 is 10.0 Å². The number of carboxylic acids is 1. The molecule has 0 aliphatic rings. The molecular formula is C15H22N4O2. The first-order valence-electron chi connectivity index (χ1n) is 7.14. The molecule has 0 unspecified atom stereocenters. The molecule has 1 aromatic rings. The summed E-state index contributed by atoms with van der Waals surface area (Å²) in [7, 11) is 0. The zero-order valence-corrected chi connectivity index (χ0v) is 13.3. The second-order valence-corrected chi connectivity index (χ2v) is 5.25. The summed E-state index contributed by atoms with van der Waals surface area (Å²) in [4.78, 5) is 13.1. The van der Waals surface area contributed by atoms with E-state index in [0.29, 0.717) is 30.8 Å². The van der Waals surface area contributed by atoms with Crippen LogP contribution in [0.4, 0.5) is 5.82 Å². The van der Waals surface area contributed by atoms with Gasteiger partial charge in [0.05, 0.1) is 5.69 Å². The quantitative estimate of drug-likeness (QED) is 0.863. The van der Waals surface area contributed by atoms with E-state index in [4.69, 9.17) is 0 Å². The second-order valence-electron chi connectivity index (χ2n) is 5.25. The highest BCUT2D eigenvalue weighted by Gasteiger charge is 2.36. The molecule has 0 fully saturated rings. The smallest absolute Gasteiger partial charge is 0.329 e. The van der Waals surface area contributed by atoms with Crippen LogP contribution >= 0.6 is 0 Å². The van der Waals surface area contributed by atoms with Gasteiger partial charge in [-0.05, 0) is 39.2 Å². The van der Waals surface area contributed by atoms with Gasteiger partial charge in [-0.1, -0.05) is 13.8 Å². The van der Waals surface area contributed by atoms with Gasteiger partial charge in [0.15, 0.2) is 5.82 Å². The van der Waals surface area contributed by atoms with E-state index in [1.807, 2.05) is 20.8 Å². The van der Waals surface area contributed by atoms with Gasteiger partial charge in [-0.15, -0.1) is 5.10 Å². The number of aromatic nitrogens is 2. The first-order chi connectivity index (χ1) is 9.84. The van der Waals surface area contributed by atoms with Crippen molar-refractivity contribution in [3.63, 3.8) is 0 Å². The third kappa shape index (κ3) is 2.97. The van der Waals surface area contributed by atoms with Gasteiger partial charge in [0, 0.05) is 6.54 Å². The van der Waals surface area contributed by atoms with Crippen LogP contribution in [0.3, 0.4) is 0 Å². The lowest BCUT2D eigenvalue weighted by Crippen LogP contribution is -2.51. The van der Waals surface area contributed by atoms with Gasteiger partial charge >= 0.3 is 5.97 Å². The molecule has 1 N–H and O–H groups in total. The van der Waals surface area contributed by atoms with E-state index >= 15 is 0 Å². The number of aliphatic carboxylic acids is 1. The topological polar surface area (TPSA) is 90.1 Å². The highest BCUT2D eigenvalue weighted by atomic mass is 16.4. The first-order valence-corrected chi connectivity index (χ1v) is 7.14. The SMILES string of the molecule is CCc1nnc(N(CC)C(C)(C)C(=O)O)c(C#N)c1CC. The molecule has 0 radical (unpaired) electrons. The zero-order chi connectivity index (χ0) is 16.2. The number of carbonyl (C=O) groups is 1. The average molecular weight is 290 g/mol. The van der Waals surface area contributed by atoms with E-state index in [1.54, 1.807) is 18.7 Å². The van der Waals surface area contributed by atoms with Crippen molar-refractivity contribution in [1.29, 1.82) is 5.26 Å². The summed E-state index contributed by atoms with van der Waals surface area (Å²) in [5, 5.41) is 27.3. The molecule has 0 saturated carbocycles. The number of anilines is 1. The normalized spacial score (nSPS) is 11.0. The molecule has 1 rings (SSSR count). The molecule has 0 aliphatic heterocycles. The van der Waals surface area contributed by atoms with Gasteiger partial charge in [-0.25, -0.2) is 4.79 Å². The molecule has 1 aromatic heterocycles. The third-order valence-electron chi connectivity index (χ3n) is 3.71. The Balaban J connectivity index is 3.56. The van der Waals surface area contributed by atoms with E-state index in [2.05, 4.69) is 16.3 Å². The molecular weight excluding hydrogens is 268 g/mol. The van der Waals surface area contributed by atoms with E-state index < -0.39 is 11.5 Å². The van der Waals surface area contributed by atoms with E-state index in [1.165, 1.54) is 0 Å². The van der Waals surface area contributed by atoms with E-state index in [0.717, 1.165) is 11.3 Å². The Morgan fingerprint density at radius 2 is 1.90 bits per heavy atom. The average Bonchev–Trinajstić information content (AvgIpc) is 2.46. The Bertz CT molecular complexity index is 576. The lowest BCUT2D eigenvalue weighted by Gasteiger charge is -2.35. The van der Waals surface area contributed by atoms with Crippen LogP contribution in [-0.2, 0) is 17.6 Å². The van der Waals surface area contributed by atoms with Crippen LogP contribution in [0.2, 0.25) is 0 Å². The van der Waals surface area contributed by atoms with Crippen molar-refractivity contribution in [1.82, 2.24) is 10.2 Å². The monoisotopic (exact) mass is 290 g/mol. The second kappa shape index (κ2) is 6.53. The maximum Gasteiger partial charge on any atom is 0.329 e. The predicted octanol–water partition coefficient (Wildman–Crippen LogP) is 2.16. The number of rotatable bonds is 6. The molecule has 0 aliphatic carbocycles. The zero-order valence-electron chi connectivity index (χ0n) is 13.3. The molecule has 0 atom stereocenters. The molecule has 0 saturated heterocycles. The van der Waals surface area contributed by atoms with Crippen molar-refractivity contribution in [2.45, 2.75) is 53.0 Å². The molecule has 114 valence electrons. The lowest BCUT2D eigenvalue weighted by molar-refractivity contribution is -0.142. The van der Waals surface area contributed by atoms with Crippen molar-refractivity contribution < 1.29 is 9.90 Å². The molecule has 21 heavy (non-hydrogen) atoms. The number of aryl methyl sites for hydroxylation is 1. The van der Waals surface area contributed by atoms with E-state index in [-0.39, 0.29) is 0 Å². The van der Waals surface area contributed by atoms with Crippen LogP contribution in [0.15, 0.2) is 0 Å². The summed E-state index contributed by atoms with van der Waals surface area (Å²) >= 11 is 0. The standard InChI is InChI=1S/C15H22N4O2/c1-6-10-11(9-16)13(18-17-12(10)7-2)19(8-3)15(4,5)14(20)21/h6-8H2,1-5H3,(H,20,21). The molecule has 0 aromatic carbocycles. The van der Waals surface area contributed by atoms with Crippen LogP contribution in [-0.4, -0.2) is 33.4 Å². The van der Waals surface area contributed by atoms with Gasteiger partial charge in [-0.2, -0.15) is 10.4 Å². The Hall–Kier alpha value is -2.16. The maximum atomic E-state index is 11.5. The Morgan fingerprint density at radius 3 is 2.29 bits per heavy atom. The minimum Gasteiger partial charge on any atom is -0.480 e. The van der Waals surface area contributed by atoms with Crippen LogP contribution in [0.1, 0.15) is 51.4 Å². The molecule has 0 amide bonds. The minimum atomic E-state index is -1.16. The predicted molar refractivity (Wildman–Crippen MR) is 80.2 cm³/mol. The fourth-order valence-electron chi connectivity index (χ4n) is 2.39. The van der Waals surface area contributed by atoms with Crippen LogP contribution in [0, 0.1) is 11.3 Å². The largest absolute Gasteiger partial charge is 0.480 e. The molecule has 6 heteroatoms. The molecule has 6 nitrogen and oxygen atoms in total. The van der Waals surface area contributed by atoms with Crippen LogP contribution in [0.25, 0.3) is 0 Å². The fourth-order valence-corrected chi connectivity index (χ4v) is 2.39. The number of hydrogen-bond acceptors (Lipinski definition) is 5. The first kappa shape index (κ1) is 16.9. The van der Waals surface area contributed by atoms with Crippen LogP contribution in [0.5, 0.6) is 0 Å². The molecule has 1 heterocycles. The van der Waals surface area contributed by atoms with Gasteiger partial charge in [0.2, 0.25) is 0 Å². The number of likely N-dealkylation sites (N-methyl/N-ethyl adjacent to an activating group) is 1. The molecule has 0 bridgehead atoms. The lowest BCUT2D eigenvalue weighted by atomic mass is 9.99. The fraction of sp³-hybridized carbons (Fsp3) is 0.600. The van der Waals surface area contributed by atoms with Gasteiger partial charge in [0.1, 0.15) is 17.2 Å². The summed E-state index contributed by atoms with van der Waals surface area (Å²) in [6.07, 6.45) is 1.36. The van der Waals surface area contributed by atoms with Crippen LogP contribution < -0.4 is 4.90 Å². The van der Waals surface area contributed by atoms with Crippen molar-refractivity contribution in [2.24, 2.45) is 0 Å². The number of nitriles is 1. The van der Waals surface area contributed by atoms with E-state index in [9.17, 15) is 15.2 Å². The summed E-state index contributed by atoms with van der Waals surface area (Å²) < 4.78 is 0. The van der Waals surface area contributed by atoms with Crippen molar-refractivity contribution >= 4 is 11.8 Å². The van der Waals surface area contributed by atoms with Crippen molar-refractivity contribution in [3.8, 4) is 6.07 Å².